The van der Waals surface area contributed by atoms with Crippen LogP contribution in [0.5, 0.6) is 0 Å². The first-order valence-corrected chi connectivity index (χ1v) is 7.12. The average molecular weight is 311 g/mol. The second kappa shape index (κ2) is 6.28. The van der Waals surface area contributed by atoms with E-state index < -0.39 is 0 Å². The third kappa shape index (κ3) is 3.52. The molecule has 2 rings (SSSR count). The number of benzene rings is 1. The predicted molar refractivity (Wildman–Crippen MR) is 74.0 cm³/mol. The fraction of sp³-hybridized carbons (Fsp3) is 0.400. The highest BCUT2D eigenvalue weighted by atomic mass is 79.9. The van der Waals surface area contributed by atoms with Gasteiger partial charge >= 0.3 is 0 Å². The number of carbonyl (C=O) groups is 1. The normalized spacial score (nSPS) is 16.0. The number of ketones is 1. The first-order chi connectivity index (χ1) is 8.66. The molecule has 0 aliphatic heterocycles. The Hall–Kier alpha value is -0.960. The van der Waals surface area contributed by atoms with Gasteiger partial charge in [0.05, 0.1) is 4.47 Å². The summed E-state index contributed by atoms with van der Waals surface area (Å²) < 4.78 is 13.5. The first kappa shape index (κ1) is 13.5. The number of halogens is 2. The van der Waals surface area contributed by atoms with E-state index in [1.807, 2.05) is 0 Å². The van der Waals surface area contributed by atoms with Gasteiger partial charge in [-0.15, -0.1) is 0 Å². The van der Waals surface area contributed by atoms with E-state index in [0.717, 1.165) is 30.4 Å². The molecule has 1 aromatic carbocycles. The van der Waals surface area contributed by atoms with Crippen molar-refractivity contribution in [1.82, 2.24) is 0 Å². The second-order valence-electron chi connectivity index (χ2n) is 4.68. The van der Waals surface area contributed by atoms with Crippen LogP contribution in [0.1, 0.15) is 37.7 Å². The fourth-order valence-corrected chi connectivity index (χ4v) is 2.64. The largest absolute Gasteiger partial charge is 0.294 e. The van der Waals surface area contributed by atoms with Gasteiger partial charge in [0, 0.05) is 6.42 Å². The van der Waals surface area contributed by atoms with Crippen LogP contribution in [0, 0.1) is 5.82 Å². The van der Waals surface area contributed by atoms with Crippen molar-refractivity contribution in [2.75, 3.05) is 0 Å². The van der Waals surface area contributed by atoms with E-state index in [0.29, 0.717) is 10.9 Å². The van der Waals surface area contributed by atoms with Crippen molar-refractivity contribution in [1.29, 1.82) is 0 Å². The number of hydrogen-bond acceptors (Lipinski definition) is 1. The van der Waals surface area contributed by atoms with Crippen molar-refractivity contribution in [2.45, 2.75) is 38.5 Å². The lowest BCUT2D eigenvalue weighted by atomic mass is 10.00. The van der Waals surface area contributed by atoms with E-state index in [9.17, 15) is 9.18 Å². The fourth-order valence-electron chi connectivity index (χ4n) is 2.22. The molecule has 0 saturated carbocycles. The van der Waals surface area contributed by atoms with Crippen molar-refractivity contribution in [2.24, 2.45) is 0 Å². The summed E-state index contributed by atoms with van der Waals surface area (Å²) in [6.07, 6.45) is 7.83. The smallest absolute Gasteiger partial charge is 0.162 e. The lowest BCUT2D eigenvalue weighted by Crippen LogP contribution is -2.06. The standard InChI is InChI=1S/C15H16BrFO/c16-13-9-11(7-8-14(13)17)10-15(18)12-5-3-1-2-4-6-12/h5,7-9H,1-4,6,10H2. The number of rotatable bonds is 3. The topological polar surface area (TPSA) is 17.1 Å². The van der Waals surface area contributed by atoms with Crippen LogP contribution >= 0.6 is 15.9 Å². The van der Waals surface area contributed by atoms with Gasteiger partial charge in [-0.3, -0.25) is 4.79 Å². The SMILES string of the molecule is O=C(Cc1ccc(F)c(Br)c1)C1=CCCCCC1. The molecule has 1 aromatic rings. The Kier molecular flexibility index (Phi) is 4.70. The Balaban J connectivity index is 2.06. The molecule has 0 saturated heterocycles. The Labute approximate surface area is 115 Å². The maximum Gasteiger partial charge on any atom is 0.162 e. The Morgan fingerprint density at radius 3 is 2.89 bits per heavy atom. The molecule has 96 valence electrons. The second-order valence-corrected chi connectivity index (χ2v) is 5.53. The van der Waals surface area contributed by atoms with E-state index in [-0.39, 0.29) is 11.6 Å². The quantitative estimate of drug-likeness (QED) is 0.798. The molecule has 1 aliphatic carbocycles. The molecule has 3 heteroatoms. The van der Waals surface area contributed by atoms with Crippen LogP contribution in [0.15, 0.2) is 34.3 Å². The van der Waals surface area contributed by atoms with Crippen LogP contribution in [0.25, 0.3) is 0 Å². The van der Waals surface area contributed by atoms with Gasteiger partial charge in [-0.05, 0) is 64.9 Å². The van der Waals surface area contributed by atoms with E-state index in [1.54, 1.807) is 12.1 Å². The van der Waals surface area contributed by atoms with E-state index >= 15 is 0 Å². The molecule has 0 fully saturated rings. The van der Waals surface area contributed by atoms with Gasteiger partial charge in [0.1, 0.15) is 5.82 Å². The molecule has 0 unspecified atom stereocenters. The summed E-state index contributed by atoms with van der Waals surface area (Å²) in [5.41, 5.74) is 1.81. The van der Waals surface area contributed by atoms with Crippen molar-refractivity contribution in [3.05, 3.63) is 45.7 Å². The Bertz CT molecular complexity index is 479. The molecule has 0 atom stereocenters. The number of carbonyl (C=O) groups excluding carboxylic acids is 1. The minimum atomic E-state index is -0.292. The number of Topliss-reactive ketones (excluding diaryl/α,β-unsaturated/α-hetero) is 1. The third-order valence-corrected chi connectivity index (χ3v) is 3.86. The van der Waals surface area contributed by atoms with Gasteiger partial charge in [-0.25, -0.2) is 4.39 Å². The highest BCUT2D eigenvalue weighted by Crippen LogP contribution is 2.21. The summed E-state index contributed by atoms with van der Waals surface area (Å²) in [4.78, 5) is 12.1. The Morgan fingerprint density at radius 1 is 1.28 bits per heavy atom. The summed E-state index contributed by atoms with van der Waals surface area (Å²) in [5, 5.41) is 0. The number of allylic oxidation sites excluding steroid dienone is 2. The molecular formula is C15H16BrFO. The van der Waals surface area contributed by atoms with Gasteiger partial charge in [0.2, 0.25) is 0 Å². The molecular weight excluding hydrogens is 295 g/mol. The lowest BCUT2D eigenvalue weighted by Gasteiger charge is -2.05. The molecule has 0 N–H and O–H groups in total. The van der Waals surface area contributed by atoms with E-state index in [4.69, 9.17) is 0 Å². The first-order valence-electron chi connectivity index (χ1n) is 6.33. The Morgan fingerprint density at radius 2 is 2.11 bits per heavy atom. The van der Waals surface area contributed by atoms with Crippen LogP contribution in [0.2, 0.25) is 0 Å². The molecule has 0 bridgehead atoms. The van der Waals surface area contributed by atoms with Crippen molar-refractivity contribution >= 4 is 21.7 Å². The minimum Gasteiger partial charge on any atom is -0.294 e. The van der Waals surface area contributed by atoms with Crippen molar-refractivity contribution < 1.29 is 9.18 Å². The molecule has 0 amide bonds. The molecule has 1 aliphatic rings. The third-order valence-electron chi connectivity index (χ3n) is 3.25. The van der Waals surface area contributed by atoms with Crippen LogP contribution < -0.4 is 0 Å². The van der Waals surface area contributed by atoms with Crippen LogP contribution in [0.3, 0.4) is 0 Å². The summed E-state index contributed by atoms with van der Waals surface area (Å²) in [5.74, 6) is -0.115. The zero-order valence-electron chi connectivity index (χ0n) is 10.2. The van der Waals surface area contributed by atoms with E-state index in [2.05, 4.69) is 22.0 Å². The highest BCUT2D eigenvalue weighted by molar-refractivity contribution is 9.10. The summed E-state index contributed by atoms with van der Waals surface area (Å²) in [7, 11) is 0. The lowest BCUT2D eigenvalue weighted by molar-refractivity contribution is -0.115. The minimum absolute atomic E-state index is 0.176. The van der Waals surface area contributed by atoms with Gasteiger partial charge in [-0.2, -0.15) is 0 Å². The van der Waals surface area contributed by atoms with Crippen molar-refractivity contribution in [3.63, 3.8) is 0 Å². The number of hydrogen-bond donors (Lipinski definition) is 0. The monoisotopic (exact) mass is 310 g/mol. The zero-order chi connectivity index (χ0) is 13.0. The molecule has 0 aromatic heterocycles. The van der Waals surface area contributed by atoms with Crippen LogP contribution in [-0.2, 0) is 11.2 Å². The average Bonchev–Trinajstić information content (AvgIpc) is 2.62. The summed E-state index contributed by atoms with van der Waals surface area (Å²) >= 11 is 3.14. The molecule has 0 radical (unpaired) electrons. The van der Waals surface area contributed by atoms with Gasteiger partial charge in [0.15, 0.2) is 5.78 Å². The maximum absolute atomic E-state index is 13.1. The van der Waals surface area contributed by atoms with E-state index in [1.165, 1.54) is 18.9 Å². The molecule has 0 spiro atoms. The molecule has 0 heterocycles. The van der Waals surface area contributed by atoms with Gasteiger partial charge in [0.25, 0.3) is 0 Å². The van der Waals surface area contributed by atoms with Crippen LogP contribution in [0.4, 0.5) is 4.39 Å². The summed E-state index contributed by atoms with van der Waals surface area (Å²) in [6.45, 7) is 0. The van der Waals surface area contributed by atoms with Gasteiger partial charge in [-0.1, -0.05) is 18.6 Å². The van der Waals surface area contributed by atoms with Crippen LogP contribution in [-0.4, -0.2) is 5.78 Å². The predicted octanol–water partition coefficient (Wildman–Crippen LogP) is 4.59. The summed E-state index contributed by atoms with van der Waals surface area (Å²) in [6, 6.07) is 4.76. The van der Waals surface area contributed by atoms with Gasteiger partial charge < -0.3 is 0 Å². The maximum atomic E-state index is 13.1. The zero-order valence-corrected chi connectivity index (χ0v) is 11.8. The molecule has 18 heavy (non-hydrogen) atoms. The highest BCUT2D eigenvalue weighted by Gasteiger charge is 2.12. The molecule has 1 nitrogen and oxygen atoms in total. The van der Waals surface area contributed by atoms with Crippen molar-refractivity contribution in [3.8, 4) is 0 Å².